The van der Waals surface area contributed by atoms with Crippen LogP contribution in [-0.4, -0.2) is 109 Å². The Labute approximate surface area is 458 Å². The minimum atomic E-state index is 0.806. The number of hydrogen-bond acceptors (Lipinski definition) is 14. The van der Waals surface area contributed by atoms with Crippen LogP contribution >= 0.6 is 0 Å². The molecule has 77 heavy (non-hydrogen) atoms. The molecule has 0 fully saturated rings. The predicted octanol–water partition coefficient (Wildman–Crippen LogP) is 14.6. The second kappa shape index (κ2) is 36.9. The quantitative estimate of drug-likeness (QED) is 0.0316. The van der Waals surface area contributed by atoms with Crippen molar-refractivity contribution in [2.24, 2.45) is 0 Å². The van der Waals surface area contributed by atoms with E-state index in [1.165, 1.54) is 62.4 Å². The summed E-state index contributed by atoms with van der Waals surface area (Å²) in [5, 5.41) is 18.4. The Balaban J connectivity index is 0.000000190. The van der Waals surface area contributed by atoms with Gasteiger partial charge in [-0.15, -0.1) is 0 Å². The molecule has 0 radical (unpaired) electrons. The van der Waals surface area contributed by atoms with Crippen LogP contribution < -0.4 is 35.5 Å². The lowest BCUT2D eigenvalue weighted by Crippen LogP contribution is -2.04. The van der Waals surface area contributed by atoms with Crippen LogP contribution in [0.5, 0.6) is 17.2 Å². The lowest BCUT2D eigenvalue weighted by Gasteiger charge is -2.11. The third-order valence-corrected chi connectivity index (χ3v) is 12.9. The number of hydrogen-bond donors (Lipinski definition) is 4. The van der Waals surface area contributed by atoms with Crippen LogP contribution in [0.4, 0.5) is 22.7 Å². The summed E-state index contributed by atoms with van der Waals surface area (Å²) < 4.78 is 31.2. The normalized spacial score (nSPS) is 10.7. The van der Waals surface area contributed by atoms with E-state index in [0.29, 0.717) is 0 Å². The summed E-state index contributed by atoms with van der Waals surface area (Å²) in [6, 6.07) is 34.3. The number of ether oxygens (including phenoxy) is 6. The highest BCUT2D eigenvalue weighted by atomic mass is 16.5. The van der Waals surface area contributed by atoms with E-state index < -0.39 is 0 Å². The van der Waals surface area contributed by atoms with Gasteiger partial charge in [0, 0.05) is 136 Å². The van der Waals surface area contributed by atoms with Crippen molar-refractivity contribution in [3.63, 3.8) is 0 Å². The molecule has 0 amide bonds. The number of para-hydroxylation sites is 4. The highest BCUT2D eigenvalue weighted by Gasteiger charge is 2.09. The zero-order valence-electron chi connectivity index (χ0n) is 47.0. The third kappa shape index (κ3) is 20.5. The fourth-order valence-electron chi connectivity index (χ4n) is 8.74. The molecule has 0 unspecified atom stereocenters. The predicted molar refractivity (Wildman–Crippen MR) is 322 cm³/mol. The maximum atomic E-state index is 5.36. The van der Waals surface area contributed by atoms with Crippen molar-refractivity contribution in [2.45, 2.75) is 90.4 Å². The topological polar surface area (TPSA) is 155 Å². The van der Waals surface area contributed by atoms with Crippen LogP contribution in [0, 0.1) is 0 Å². The van der Waals surface area contributed by atoms with Crippen LogP contribution in [0.15, 0.2) is 128 Å². The molecule has 0 saturated carbocycles. The van der Waals surface area contributed by atoms with Gasteiger partial charge in [0.1, 0.15) is 33.8 Å². The summed E-state index contributed by atoms with van der Waals surface area (Å²) in [6.45, 7) is 8.68. The fraction of sp³-hybridized carbons (Fsp3) is 0.429. The zero-order valence-corrected chi connectivity index (χ0v) is 47.0. The molecule has 14 heteroatoms. The largest absolute Gasteiger partial charge is 0.494 e. The molecule has 0 saturated heterocycles. The monoisotopic (exact) mass is 1050 g/mol. The molecule has 0 aliphatic carbocycles. The first-order valence-corrected chi connectivity index (χ1v) is 27.5. The van der Waals surface area contributed by atoms with Crippen LogP contribution in [0.25, 0.3) is 43.6 Å². The third-order valence-electron chi connectivity index (χ3n) is 12.9. The molecule has 14 nitrogen and oxygen atoms in total. The van der Waals surface area contributed by atoms with E-state index in [1.807, 2.05) is 104 Å². The van der Waals surface area contributed by atoms with E-state index in [4.69, 9.17) is 28.4 Å². The molecule has 4 heterocycles. The summed E-state index contributed by atoms with van der Waals surface area (Å²) in [4.78, 5) is 17.6. The van der Waals surface area contributed by atoms with Crippen LogP contribution in [0.1, 0.15) is 90.4 Å². The summed E-state index contributed by atoms with van der Waals surface area (Å²) in [5.74, 6) is 2.45. The first kappa shape index (κ1) is 60.9. The van der Waals surface area contributed by atoms with Gasteiger partial charge < -0.3 is 49.7 Å². The van der Waals surface area contributed by atoms with Gasteiger partial charge in [0.2, 0.25) is 0 Å². The molecule has 0 spiro atoms. The van der Waals surface area contributed by atoms with Gasteiger partial charge in [-0.3, -0.25) is 19.9 Å². The highest BCUT2D eigenvalue weighted by molar-refractivity contribution is 5.96. The summed E-state index contributed by atoms with van der Waals surface area (Å²) in [7, 11) is 10.3. The molecule has 0 aliphatic rings. The standard InChI is InChI=1S/C17H24N2O2.C16H22N2O.C15H20N2O2.C15H20N2O/c1-20-13-6-4-3-5-11-18-15-10-12-19-17-14(15)8-7-9-16(17)21-2;1-3-4-5-6-11-17-14-10-12-18-16-13(14)8-7-9-15(16)19-2;1-18-11-4-3-9-16-13-8-10-17-15-12(13)6-5-7-14(15)19-2;1-18-12-6-2-5-10-16-15-9-11-17-14-8-4-3-7-13(14)15/h7-10,12H,3-6,11,13H2,1-2H3,(H,18,19);7-10,12H,3-6,11H2,1-2H3,(H,17,18);5-8,10H,3-4,9,11H2,1-2H3,(H,16,17);3-4,7-9,11H,2,5-6,10,12H2,1H3,(H,16,17). The Morgan fingerprint density at radius 1 is 0.325 bits per heavy atom. The van der Waals surface area contributed by atoms with E-state index in [9.17, 15) is 0 Å². The van der Waals surface area contributed by atoms with Gasteiger partial charge in [0.25, 0.3) is 0 Å². The molecule has 8 aromatic rings. The van der Waals surface area contributed by atoms with Gasteiger partial charge in [-0.25, -0.2) is 0 Å². The van der Waals surface area contributed by atoms with Gasteiger partial charge in [0.15, 0.2) is 0 Å². The first-order chi connectivity index (χ1) is 38.0. The lowest BCUT2D eigenvalue weighted by molar-refractivity contribution is 0.192. The van der Waals surface area contributed by atoms with Crippen LogP contribution in [0.2, 0.25) is 0 Å². The molecule has 4 aromatic carbocycles. The summed E-state index contributed by atoms with van der Waals surface area (Å²) in [6.07, 6.45) is 22.8. The SMILES string of the molecule is CCCCCCNc1ccnc2c(OC)cccc12.COCCCCCCNc1ccnc2c(OC)cccc12.COCCCCCNc1ccnc2ccccc12.COCCCCNc1ccnc2c(OC)cccc12. The molecule has 0 aliphatic heterocycles. The lowest BCUT2D eigenvalue weighted by atomic mass is 10.1. The number of pyridine rings is 4. The second-order valence-corrected chi connectivity index (χ2v) is 18.4. The minimum absolute atomic E-state index is 0.806. The molecule has 0 atom stereocenters. The number of methoxy groups -OCH3 is 6. The Bertz CT molecular complexity index is 2770. The van der Waals surface area contributed by atoms with Crippen molar-refractivity contribution in [3.8, 4) is 17.2 Å². The van der Waals surface area contributed by atoms with E-state index >= 15 is 0 Å². The van der Waals surface area contributed by atoms with E-state index in [-0.39, 0.29) is 0 Å². The van der Waals surface area contributed by atoms with E-state index in [0.717, 1.165) is 151 Å². The number of aromatic nitrogens is 4. The zero-order chi connectivity index (χ0) is 54.6. The van der Waals surface area contributed by atoms with Crippen LogP contribution in [0.3, 0.4) is 0 Å². The van der Waals surface area contributed by atoms with Crippen molar-refractivity contribution in [2.75, 3.05) is 110 Å². The number of nitrogens with one attached hydrogen (secondary N) is 4. The molecular weight excluding hydrogens is 965 g/mol. The van der Waals surface area contributed by atoms with Crippen molar-refractivity contribution in [1.29, 1.82) is 0 Å². The maximum Gasteiger partial charge on any atom is 0.145 e. The number of anilines is 4. The molecule has 0 bridgehead atoms. The highest BCUT2D eigenvalue weighted by Crippen LogP contribution is 2.31. The first-order valence-electron chi connectivity index (χ1n) is 27.5. The van der Waals surface area contributed by atoms with Gasteiger partial charge in [-0.2, -0.15) is 0 Å². The Hall–Kier alpha value is -7.00. The van der Waals surface area contributed by atoms with Crippen molar-refractivity contribution < 1.29 is 28.4 Å². The number of fused-ring (bicyclic) bond motifs is 4. The number of benzene rings is 4. The molecular formula is C63H86N8O6. The van der Waals surface area contributed by atoms with Gasteiger partial charge in [0.05, 0.1) is 26.8 Å². The van der Waals surface area contributed by atoms with Gasteiger partial charge in [-0.1, -0.05) is 93.6 Å². The summed E-state index contributed by atoms with van der Waals surface area (Å²) in [5.41, 5.74) is 8.30. The summed E-state index contributed by atoms with van der Waals surface area (Å²) >= 11 is 0. The maximum absolute atomic E-state index is 5.36. The molecule has 4 aromatic heterocycles. The number of rotatable bonds is 30. The Morgan fingerprint density at radius 3 is 1.05 bits per heavy atom. The Morgan fingerprint density at radius 2 is 0.649 bits per heavy atom. The smallest absolute Gasteiger partial charge is 0.145 e. The van der Waals surface area contributed by atoms with Crippen LogP contribution in [-0.2, 0) is 14.2 Å². The second-order valence-electron chi connectivity index (χ2n) is 18.4. The van der Waals surface area contributed by atoms with Gasteiger partial charge in [-0.05, 0) is 99.9 Å². The van der Waals surface area contributed by atoms with E-state index in [2.05, 4.69) is 72.4 Å². The van der Waals surface area contributed by atoms with E-state index in [1.54, 1.807) is 42.7 Å². The van der Waals surface area contributed by atoms with Crippen molar-refractivity contribution in [3.05, 3.63) is 128 Å². The molecule has 414 valence electrons. The van der Waals surface area contributed by atoms with Crippen molar-refractivity contribution >= 4 is 66.4 Å². The fourth-order valence-corrected chi connectivity index (χ4v) is 8.74. The average Bonchev–Trinajstić information content (AvgIpc) is 3.48. The number of unbranched alkanes of at least 4 members (excludes halogenated alkanes) is 9. The average molecular weight is 1050 g/mol. The Kier molecular flexibility index (Phi) is 29.2. The number of nitrogens with zero attached hydrogens (tertiary/aromatic N) is 4. The van der Waals surface area contributed by atoms with Crippen molar-refractivity contribution in [1.82, 2.24) is 19.9 Å². The minimum Gasteiger partial charge on any atom is -0.494 e. The molecule has 4 N–H and O–H groups in total. The molecule has 8 rings (SSSR count). The van der Waals surface area contributed by atoms with Gasteiger partial charge >= 0.3 is 0 Å².